The molecular formula is C23H22ClN3O5S. The molecule has 0 unspecified atom stereocenters. The molecule has 0 atom stereocenters. The van der Waals surface area contributed by atoms with Crippen molar-refractivity contribution >= 4 is 52.2 Å². The number of para-hydroxylation sites is 1. The van der Waals surface area contributed by atoms with E-state index in [0.717, 1.165) is 22.3 Å². The van der Waals surface area contributed by atoms with E-state index in [0.29, 0.717) is 31.7 Å². The number of ether oxygens (including phenoxy) is 1. The van der Waals surface area contributed by atoms with Gasteiger partial charge in [0, 0.05) is 31.9 Å². The van der Waals surface area contributed by atoms with Gasteiger partial charge in [-0.2, -0.15) is 0 Å². The number of halogens is 1. The third-order valence-corrected chi connectivity index (χ3v) is 6.68. The van der Waals surface area contributed by atoms with Crippen molar-refractivity contribution in [3.63, 3.8) is 0 Å². The van der Waals surface area contributed by atoms with Gasteiger partial charge in [0.15, 0.2) is 11.5 Å². The van der Waals surface area contributed by atoms with Crippen LogP contribution in [0.25, 0.3) is 6.08 Å². The number of rotatable bonds is 5. The van der Waals surface area contributed by atoms with E-state index in [-0.39, 0.29) is 33.9 Å². The Kier molecular flexibility index (Phi) is 6.80. The Labute approximate surface area is 200 Å². The van der Waals surface area contributed by atoms with Gasteiger partial charge in [-0.1, -0.05) is 29.8 Å². The van der Waals surface area contributed by atoms with Crippen molar-refractivity contribution in [1.82, 2.24) is 9.80 Å². The molecule has 1 N–H and O–H groups in total. The van der Waals surface area contributed by atoms with Gasteiger partial charge in [-0.15, -0.1) is 0 Å². The lowest BCUT2D eigenvalue weighted by Gasteiger charge is -2.36. The molecule has 2 aliphatic heterocycles. The van der Waals surface area contributed by atoms with Crippen molar-refractivity contribution in [2.45, 2.75) is 0 Å². The number of phenolic OH excluding ortho intramolecular Hbond substituents is 1. The number of amides is 3. The molecule has 0 aromatic heterocycles. The van der Waals surface area contributed by atoms with Crippen LogP contribution in [0.1, 0.15) is 5.56 Å². The average Bonchev–Trinajstić information content (AvgIpc) is 3.09. The zero-order valence-corrected chi connectivity index (χ0v) is 19.4. The lowest BCUT2D eigenvalue weighted by atomic mass is 10.2. The first-order valence-electron chi connectivity index (χ1n) is 10.3. The topological polar surface area (TPSA) is 90.4 Å². The van der Waals surface area contributed by atoms with Crippen LogP contribution in [0.4, 0.5) is 10.5 Å². The minimum atomic E-state index is -0.538. The molecule has 3 amide bonds. The van der Waals surface area contributed by atoms with Crippen LogP contribution >= 0.6 is 23.4 Å². The first kappa shape index (κ1) is 23.0. The van der Waals surface area contributed by atoms with E-state index in [4.69, 9.17) is 16.3 Å². The van der Waals surface area contributed by atoms with Crippen molar-refractivity contribution in [1.29, 1.82) is 0 Å². The molecule has 2 fully saturated rings. The molecule has 2 aromatic rings. The summed E-state index contributed by atoms with van der Waals surface area (Å²) in [5.74, 6) is -0.856. The molecule has 2 heterocycles. The molecule has 172 valence electrons. The third-order valence-electron chi connectivity index (χ3n) is 5.49. The van der Waals surface area contributed by atoms with Crippen molar-refractivity contribution in [2.75, 3.05) is 44.7 Å². The number of carbonyl (C=O) groups is 3. The molecular weight excluding hydrogens is 466 g/mol. The molecule has 33 heavy (non-hydrogen) atoms. The van der Waals surface area contributed by atoms with E-state index >= 15 is 0 Å². The predicted molar refractivity (Wildman–Crippen MR) is 128 cm³/mol. The van der Waals surface area contributed by atoms with Crippen LogP contribution in [0.5, 0.6) is 11.5 Å². The molecule has 4 rings (SSSR count). The summed E-state index contributed by atoms with van der Waals surface area (Å²) < 4.78 is 5.07. The number of aromatic hydroxyl groups is 1. The largest absolute Gasteiger partial charge is 0.503 e. The van der Waals surface area contributed by atoms with Gasteiger partial charge in [-0.25, -0.2) is 0 Å². The van der Waals surface area contributed by atoms with Gasteiger partial charge < -0.3 is 19.6 Å². The maximum Gasteiger partial charge on any atom is 0.294 e. The zero-order valence-electron chi connectivity index (χ0n) is 17.9. The number of anilines is 1. The van der Waals surface area contributed by atoms with Crippen LogP contribution in [0.15, 0.2) is 47.4 Å². The summed E-state index contributed by atoms with van der Waals surface area (Å²) in [4.78, 5) is 43.0. The highest BCUT2D eigenvalue weighted by Gasteiger charge is 2.37. The number of benzene rings is 2. The molecule has 8 nitrogen and oxygen atoms in total. The fourth-order valence-corrected chi connectivity index (χ4v) is 4.77. The first-order valence-corrected chi connectivity index (χ1v) is 11.5. The summed E-state index contributed by atoms with van der Waals surface area (Å²) >= 11 is 6.76. The normalized spacial score (nSPS) is 17.8. The lowest BCUT2D eigenvalue weighted by Crippen LogP contribution is -2.51. The highest BCUT2D eigenvalue weighted by molar-refractivity contribution is 8.18. The van der Waals surface area contributed by atoms with Gasteiger partial charge >= 0.3 is 0 Å². The van der Waals surface area contributed by atoms with Crippen LogP contribution in [-0.4, -0.2) is 71.8 Å². The Morgan fingerprint density at radius 3 is 2.52 bits per heavy atom. The van der Waals surface area contributed by atoms with E-state index in [2.05, 4.69) is 4.90 Å². The number of hydrogen-bond donors (Lipinski definition) is 1. The molecule has 2 aliphatic rings. The molecule has 0 saturated carbocycles. The second-order valence-electron chi connectivity index (χ2n) is 7.52. The van der Waals surface area contributed by atoms with Crippen LogP contribution in [-0.2, 0) is 9.59 Å². The van der Waals surface area contributed by atoms with Gasteiger partial charge in [0.05, 0.1) is 17.0 Å². The van der Waals surface area contributed by atoms with Crippen molar-refractivity contribution in [3.8, 4) is 11.5 Å². The Balaban J connectivity index is 1.40. The van der Waals surface area contributed by atoms with E-state index in [9.17, 15) is 19.5 Å². The van der Waals surface area contributed by atoms with Crippen LogP contribution in [0.2, 0.25) is 5.02 Å². The van der Waals surface area contributed by atoms with Crippen LogP contribution < -0.4 is 9.64 Å². The second kappa shape index (κ2) is 9.76. The summed E-state index contributed by atoms with van der Waals surface area (Å²) in [6.45, 7) is 2.10. The fourth-order valence-electron chi connectivity index (χ4n) is 3.71. The predicted octanol–water partition coefficient (Wildman–Crippen LogP) is 3.44. The van der Waals surface area contributed by atoms with Gasteiger partial charge in [0.2, 0.25) is 5.91 Å². The number of carbonyl (C=O) groups excluding carboxylic acids is 3. The number of methoxy groups -OCH3 is 1. The maximum atomic E-state index is 12.8. The van der Waals surface area contributed by atoms with Gasteiger partial charge in [-0.05, 0) is 47.7 Å². The Morgan fingerprint density at radius 1 is 1.15 bits per heavy atom. The summed E-state index contributed by atoms with van der Waals surface area (Å²) in [7, 11) is 1.38. The first-order chi connectivity index (χ1) is 15.9. The molecule has 0 spiro atoms. The Bertz CT molecular complexity index is 1120. The van der Waals surface area contributed by atoms with E-state index in [1.54, 1.807) is 4.90 Å². The van der Waals surface area contributed by atoms with Crippen molar-refractivity contribution in [2.24, 2.45) is 0 Å². The Morgan fingerprint density at radius 2 is 1.85 bits per heavy atom. The molecule has 2 aromatic carbocycles. The van der Waals surface area contributed by atoms with Crippen LogP contribution in [0, 0.1) is 0 Å². The standard InChI is InChI=1S/C23H22ClN3O5S/c1-32-18-12-15(11-17(24)21(18)29)13-19-22(30)27(23(31)33-19)14-20(28)26-9-7-25(8-10-26)16-5-3-2-4-6-16/h2-6,11-13,29H,7-10,14H2,1H3. The summed E-state index contributed by atoms with van der Waals surface area (Å²) in [5.41, 5.74) is 1.59. The van der Waals surface area contributed by atoms with E-state index in [1.165, 1.54) is 25.3 Å². The highest BCUT2D eigenvalue weighted by Crippen LogP contribution is 2.38. The minimum Gasteiger partial charge on any atom is -0.503 e. The Hall–Kier alpha value is -3.17. The zero-order chi connectivity index (χ0) is 23.5. The monoisotopic (exact) mass is 487 g/mol. The number of nitrogens with zero attached hydrogens (tertiary/aromatic N) is 3. The highest BCUT2D eigenvalue weighted by atomic mass is 35.5. The second-order valence-corrected chi connectivity index (χ2v) is 8.93. The fraction of sp³-hybridized carbons (Fsp3) is 0.261. The number of hydrogen-bond acceptors (Lipinski definition) is 7. The molecule has 0 radical (unpaired) electrons. The number of thioether (sulfide) groups is 1. The minimum absolute atomic E-state index is 0.0599. The van der Waals surface area contributed by atoms with E-state index < -0.39 is 11.1 Å². The average molecular weight is 488 g/mol. The van der Waals surface area contributed by atoms with E-state index in [1.807, 2.05) is 30.3 Å². The van der Waals surface area contributed by atoms with Gasteiger partial charge in [-0.3, -0.25) is 19.3 Å². The maximum absolute atomic E-state index is 12.8. The van der Waals surface area contributed by atoms with Gasteiger partial charge in [0.25, 0.3) is 11.1 Å². The van der Waals surface area contributed by atoms with Gasteiger partial charge in [0.1, 0.15) is 6.54 Å². The number of imide groups is 1. The molecule has 10 heteroatoms. The number of piperazine rings is 1. The summed E-state index contributed by atoms with van der Waals surface area (Å²) in [6.07, 6.45) is 1.49. The lowest BCUT2D eigenvalue weighted by molar-refractivity contribution is -0.136. The SMILES string of the molecule is COc1cc(C=C2SC(=O)N(CC(=O)N3CCN(c4ccccc4)CC3)C2=O)cc(Cl)c1O. The molecule has 2 saturated heterocycles. The van der Waals surface area contributed by atoms with Crippen molar-refractivity contribution in [3.05, 3.63) is 58.0 Å². The quantitative estimate of drug-likeness (QED) is 0.646. The molecule has 0 aliphatic carbocycles. The third kappa shape index (κ3) is 4.94. The summed E-state index contributed by atoms with van der Waals surface area (Å²) in [6, 6.07) is 12.9. The summed E-state index contributed by atoms with van der Waals surface area (Å²) in [5, 5.41) is 9.43. The smallest absolute Gasteiger partial charge is 0.294 e. The van der Waals surface area contributed by atoms with Crippen molar-refractivity contribution < 1.29 is 24.2 Å². The molecule has 0 bridgehead atoms. The van der Waals surface area contributed by atoms with Crippen LogP contribution in [0.3, 0.4) is 0 Å². The number of phenols is 1.